The number of rotatable bonds is 6. The second kappa shape index (κ2) is 10.6. The van der Waals surface area contributed by atoms with Gasteiger partial charge in [-0.05, 0) is 66.2 Å². The Hall–Kier alpha value is -2.83. The van der Waals surface area contributed by atoms with Gasteiger partial charge in [-0.3, -0.25) is 0 Å². The molecule has 0 N–H and O–H groups in total. The Kier molecular flexibility index (Phi) is 7.55. The Labute approximate surface area is 243 Å². The maximum Gasteiger partial charge on any atom is 0.284 e. The molecule has 1 aliphatic rings. The number of nitrogens with zero attached hydrogens (tertiary/aromatic N) is 2. The van der Waals surface area contributed by atoms with Gasteiger partial charge in [0.2, 0.25) is 7.28 Å². The maximum atomic E-state index is 13.9. The molecule has 0 aliphatic carbocycles. The summed E-state index contributed by atoms with van der Waals surface area (Å²) >= 11 is 9.57. The highest BCUT2D eigenvalue weighted by Crippen LogP contribution is 2.58. The van der Waals surface area contributed by atoms with Crippen LogP contribution in [0.4, 0.5) is 5.69 Å². The molecule has 0 bridgehead atoms. The van der Waals surface area contributed by atoms with Gasteiger partial charge in [0.05, 0.1) is 4.90 Å². The summed E-state index contributed by atoms with van der Waals surface area (Å²) in [5.74, 6) is 2.45. The van der Waals surface area contributed by atoms with Gasteiger partial charge in [-0.1, -0.05) is 83.8 Å². The minimum absolute atomic E-state index is 0.0470. The van der Waals surface area contributed by atoms with Gasteiger partial charge in [-0.15, -0.1) is 4.15 Å². The van der Waals surface area contributed by atoms with Crippen molar-refractivity contribution in [1.82, 2.24) is 0 Å². The molecule has 1 heterocycles. The fourth-order valence-electron chi connectivity index (χ4n) is 4.78. The van der Waals surface area contributed by atoms with E-state index in [0.29, 0.717) is 16.1 Å². The van der Waals surface area contributed by atoms with E-state index < -0.39 is 22.7 Å². The van der Waals surface area contributed by atoms with E-state index in [1.807, 2.05) is 79.6 Å². The highest BCUT2D eigenvalue weighted by atomic mass is 79.9. The molecular weight excluding hydrogens is 615 g/mol. The normalized spacial score (nSPS) is 16.9. The van der Waals surface area contributed by atoms with Crippen molar-refractivity contribution in [1.29, 1.82) is 0 Å². The predicted molar refractivity (Wildman–Crippen MR) is 165 cm³/mol. The van der Waals surface area contributed by atoms with Gasteiger partial charge >= 0.3 is 0 Å². The number of allylic oxidation sites excluding steroid dienone is 1. The average Bonchev–Trinajstić information content (AvgIpc) is 3.10. The summed E-state index contributed by atoms with van der Waals surface area (Å²) in [7, 11) is -5.57. The number of likely N-dealkylation sites (N-methyl/N-ethyl adjacent to an activating group) is 1. The van der Waals surface area contributed by atoms with Gasteiger partial charge in [-0.25, -0.2) is 0 Å². The monoisotopic (exact) mass is 640 g/mol. The first-order chi connectivity index (χ1) is 18.5. The van der Waals surface area contributed by atoms with Crippen molar-refractivity contribution in [2.75, 3.05) is 11.9 Å². The Morgan fingerprint density at radius 3 is 2.26 bits per heavy atom. The molecule has 1 aliphatic heterocycles. The highest BCUT2D eigenvalue weighted by Gasteiger charge is 2.41. The molecule has 1 atom stereocenters. The molecule has 1 unspecified atom stereocenters. The summed E-state index contributed by atoms with van der Waals surface area (Å²) in [5.41, 5.74) is 2.69. The molecule has 200 valence electrons. The number of para-hydroxylation sites is 1. The van der Waals surface area contributed by atoms with E-state index in [4.69, 9.17) is 16.1 Å². The third-order valence-electron chi connectivity index (χ3n) is 6.74. The molecule has 0 aromatic heterocycles. The molecule has 4 aromatic rings. The zero-order valence-electron chi connectivity index (χ0n) is 21.6. The topological polar surface area (TPSA) is 59.0 Å². The fraction of sp³-hybridized carbons (Fsp3) is 0.133. The van der Waals surface area contributed by atoms with Crippen LogP contribution in [0.5, 0.6) is 5.75 Å². The second-order valence-corrected chi connectivity index (χ2v) is 15.4. The van der Waals surface area contributed by atoms with Gasteiger partial charge in [0, 0.05) is 44.5 Å². The molecule has 0 spiro atoms. The van der Waals surface area contributed by atoms with Crippen molar-refractivity contribution in [2.45, 2.75) is 24.2 Å². The van der Waals surface area contributed by atoms with Crippen LogP contribution < -0.4 is 14.7 Å². The summed E-state index contributed by atoms with van der Waals surface area (Å²) in [6.45, 7) is 4.27. The smallest absolute Gasteiger partial charge is 0.284 e. The van der Waals surface area contributed by atoms with Crippen LogP contribution in [-0.2, 0) is 15.4 Å². The van der Waals surface area contributed by atoms with Crippen molar-refractivity contribution in [2.24, 2.45) is 4.15 Å². The first-order valence-electron chi connectivity index (χ1n) is 12.2. The van der Waals surface area contributed by atoms with E-state index in [9.17, 15) is 8.42 Å². The Morgan fingerprint density at radius 1 is 0.923 bits per heavy atom. The zero-order chi connectivity index (χ0) is 27.8. The lowest BCUT2D eigenvalue weighted by Crippen LogP contribution is -2.24. The van der Waals surface area contributed by atoms with Gasteiger partial charge in [0.1, 0.15) is 5.75 Å². The number of sulfonamides is 1. The third-order valence-corrected chi connectivity index (χ3v) is 12.3. The van der Waals surface area contributed by atoms with E-state index in [2.05, 4.69) is 51.0 Å². The number of anilines is 1. The second-order valence-electron chi connectivity index (χ2n) is 9.73. The number of fused-ring (bicyclic) bond motifs is 1. The van der Waals surface area contributed by atoms with E-state index >= 15 is 0 Å². The van der Waals surface area contributed by atoms with Crippen molar-refractivity contribution in [3.63, 3.8) is 0 Å². The van der Waals surface area contributed by atoms with E-state index in [0.717, 1.165) is 21.4 Å². The van der Waals surface area contributed by atoms with Gasteiger partial charge in [0.15, 0.2) is 0 Å². The Morgan fingerprint density at radius 2 is 1.59 bits per heavy atom. The van der Waals surface area contributed by atoms with E-state index in [1.165, 1.54) is 12.1 Å². The molecular formula is C30H27BrClN2O3PS. The molecule has 0 saturated carbocycles. The molecule has 9 heteroatoms. The number of hydrogen-bond donors (Lipinski definition) is 0. The van der Waals surface area contributed by atoms with Gasteiger partial charge < -0.3 is 9.42 Å². The lowest BCUT2D eigenvalue weighted by molar-refractivity contribution is 0.593. The van der Waals surface area contributed by atoms with E-state index in [-0.39, 0.29) is 4.90 Å². The number of halogens is 2. The largest absolute Gasteiger partial charge is 0.451 e. The first kappa shape index (κ1) is 27.7. The summed E-state index contributed by atoms with van der Waals surface area (Å²) in [6.07, 6.45) is 0. The molecule has 5 rings (SSSR count). The Bertz CT molecular complexity index is 1720. The van der Waals surface area contributed by atoms with E-state index in [1.54, 1.807) is 12.1 Å². The SMILES string of the molecule is CN1C(=CP(=NS(=O)(=O)c2ccc(Cl)cc2)(Oc2cccc(Br)c2)c2ccccc2)C(C)(C)c2ccccc21. The van der Waals surface area contributed by atoms with Crippen LogP contribution in [0.15, 0.2) is 128 Å². The summed E-state index contributed by atoms with van der Waals surface area (Å²) in [5, 5.41) is 1.12. The number of hydrogen-bond acceptors (Lipinski definition) is 4. The molecule has 0 fully saturated rings. The third kappa shape index (κ3) is 5.46. The summed E-state index contributed by atoms with van der Waals surface area (Å²) < 4.78 is 40.1. The van der Waals surface area contributed by atoms with Crippen molar-refractivity contribution in [3.8, 4) is 5.75 Å². The van der Waals surface area contributed by atoms with Crippen LogP contribution in [0.1, 0.15) is 19.4 Å². The predicted octanol–water partition coefficient (Wildman–Crippen LogP) is 8.58. The van der Waals surface area contributed by atoms with Crippen LogP contribution in [-0.4, -0.2) is 15.5 Å². The van der Waals surface area contributed by atoms with Crippen LogP contribution in [0, 0.1) is 0 Å². The number of benzene rings is 4. The summed E-state index contributed by atoms with van der Waals surface area (Å²) in [4.78, 5) is 2.15. The van der Waals surface area contributed by atoms with Gasteiger partial charge in [0.25, 0.3) is 10.0 Å². The molecule has 5 nitrogen and oxygen atoms in total. The maximum absolute atomic E-state index is 13.9. The lowest BCUT2D eigenvalue weighted by Gasteiger charge is -2.29. The first-order valence-corrected chi connectivity index (χ1v) is 16.6. The standard InChI is InChI=1S/C30H27BrClN2O3PS/c1-30(2)27-14-7-8-15-28(27)34(3)29(30)21-38(25-12-5-4-6-13-25,37-24-11-9-10-22(31)20-24)33-39(35,36)26-18-16-23(32)17-19-26/h4-21H,1-3H3. The van der Waals surface area contributed by atoms with Crippen molar-refractivity contribution >= 4 is 55.8 Å². The van der Waals surface area contributed by atoms with Crippen LogP contribution in [0.3, 0.4) is 0 Å². The molecule has 0 amide bonds. The molecule has 39 heavy (non-hydrogen) atoms. The molecule has 0 radical (unpaired) electrons. The minimum Gasteiger partial charge on any atom is -0.451 e. The highest BCUT2D eigenvalue weighted by molar-refractivity contribution is 9.10. The van der Waals surface area contributed by atoms with Crippen LogP contribution in [0.2, 0.25) is 5.02 Å². The fourth-order valence-corrected chi connectivity index (χ4v) is 10.3. The van der Waals surface area contributed by atoms with Crippen molar-refractivity contribution in [3.05, 3.63) is 130 Å². The van der Waals surface area contributed by atoms with Crippen molar-refractivity contribution < 1.29 is 12.9 Å². The van der Waals surface area contributed by atoms with Crippen LogP contribution >= 0.6 is 34.8 Å². The zero-order valence-corrected chi connectivity index (χ0v) is 25.7. The molecule has 4 aromatic carbocycles. The van der Waals surface area contributed by atoms with Crippen LogP contribution in [0.25, 0.3) is 0 Å². The lowest BCUT2D eigenvalue weighted by atomic mass is 9.84. The minimum atomic E-state index is -4.16. The molecule has 0 saturated heterocycles. The summed E-state index contributed by atoms with van der Waals surface area (Å²) in [6, 6.07) is 31.0. The Balaban J connectivity index is 1.84. The quantitative estimate of drug-likeness (QED) is 0.198. The average molecular weight is 642 g/mol. The van der Waals surface area contributed by atoms with Gasteiger partial charge in [-0.2, -0.15) is 8.42 Å².